The van der Waals surface area contributed by atoms with E-state index in [1.165, 1.54) is 35.2 Å². The van der Waals surface area contributed by atoms with Gasteiger partial charge >= 0.3 is 0 Å². The van der Waals surface area contributed by atoms with E-state index in [2.05, 4.69) is 62.1 Å². The highest BCUT2D eigenvalue weighted by Gasteiger charge is 2.23. The van der Waals surface area contributed by atoms with Gasteiger partial charge in [0.05, 0.1) is 0 Å². The minimum Gasteiger partial charge on any atom is -0.117 e. The Hall–Kier alpha value is -1.26. The summed E-state index contributed by atoms with van der Waals surface area (Å²) in [6.45, 7) is 4.54. The lowest BCUT2D eigenvalue weighted by Gasteiger charge is -2.12. The molecule has 0 fully saturated rings. The number of fused-ring (bicyclic) bond motifs is 1. The highest BCUT2D eigenvalue weighted by Crippen LogP contribution is 2.48. The molecular weight excluding hydrogens is 235 g/mol. The molecule has 1 heterocycles. The SMILES string of the molecule is CCCp1cccc1C1=Cc2ccccc2[C]1C. The molecule has 1 aliphatic carbocycles. The number of rotatable bonds is 3. The van der Waals surface area contributed by atoms with Crippen LogP contribution in [0.3, 0.4) is 0 Å². The van der Waals surface area contributed by atoms with Crippen molar-refractivity contribution in [3.8, 4) is 0 Å². The predicted octanol–water partition coefficient (Wildman–Crippen LogP) is 5.58. The molecule has 1 unspecified atom stereocenters. The second-order valence-electron chi connectivity index (χ2n) is 4.86. The summed E-state index contributed by atoms with van der Waals surface area (Å²) in [4.78, 5) is 0. The summed E-state index contributed by atoms with van der Waals surface area (Å²) in [6.07, 6.45) is 4.96. The van der Waals surface area contributed by atoms with Gasteiger partial charge in [0.2, 0.25) is 0 Å². The fraction of sp³-hybridized carbons (Fsp3) is 0.235. The van der Waals surface area contributed by atoms with Gasteiger partial charge in [-0.1, -0.05) is 50.2 Å². The Labute approximate surface area is 110 Å². The number of aryl methyl sites for hydroxylation is 1. The average molecular weight is 253 g/mol. The van der Waals surface area contributed by atoms with Crippen LogP contribution in [-0.4, -0.2) is 0 Å². The summed E-state index contributed by atoms with van der Waals surface area (Å²) in [5, 5.41) is 1.57. The fourth-order valence-electron chi connectivity index (χ4n) is 2.73. The second kappa shape index (κ2) is 4.78. The first-order valence-corrected chi connectivity index (χ1v) is 8.21. The zero-order chi connectivity index (χ0) is 12.5. The van der Waals surface area contributed by atoms with Crippen molar-refractivity contribution in [2.24, 2.45) is 0 Å². The van der Waals surface area contributed by atoms with Crippen LogP contribution in [0.1, 0.15) is 36.7 Å². The minimum atomic E-state index is -0.0574. The molecule has 0 N–H and O–H groups in total. The van der Waals surface area contributed by atoms with Crippen molar-refractivity contribution in [3.05, 3.63) is 64.5 Å². The fourth-order valence-corrected chi connectivity index (χ4v) is 4.88. The van der Waals surface area contributed by atoms with E-state index in [4.69, 9.17) is 0 Å². The van der Waals surface area contributed by atoms with Crippen LogP contribution in [0.25, 0.3) is 11.6 Å². The molecule has 0 bridgehead atoms. The van der Waals surface area contributed by atoms with Crippen molar-refractivity contribution in [2.45, 2.75) is 26.4 Å². The van der Waals surface area contributed by atoms with Crippen LogP contribution in [0, 0.1) is 5.92 Å². The standard InChI is InChI=1S/C17H18P/c1-3-10-18-11-6-9-17(18)16-12-14-7-4-5-8-15(14)13(16)2/h4-9,11-12H,3,10H2,1-2H3. The Balaban J connectivity index is 2.02. The Morgan fingerprint density at radius 2 is 1.89 bits per heavy atom. The van der Waals surface area contributed by atoms with Gasteiger partial charge in [0.1, 0.15) is 0 Å². The van der Waals surface area contributed by atoms with E-state index in [9.17, 15) is 0 Å². The molecule has 1 aromatic heterocycles. The lowest BCUT2D eigenvalue weighted by atomic mass is 9.97. The van der Waals surface area contributed by atoms with Crippen molar-refractivity contribution in [3.63, 3.8) is 0 Å². The van der Waals surface area contributed by atoms with Gasteiger partial charge < -0.3 is 0 Å². The largest absolute Gasteiger partial charge is 0.117 e. The molecule has 0 amide bonds. The van der Waals surface area contributed by atoms with E-state index in [1.54, 1.807) is 5.30 Å². The summed E-state index contributed by atoms with van der Waals surface area (Å²) in [6, 6.07) is 13.3. The molecule has 0 spiro atoms. The van der Waals surface area contributed by atoms with Crippen LogP contribution in [0.5, 0.6) is 0 Å². The molecule has 0 nitrogen and oxygen atoms in total. The highest BCUT2D eigenvalue weighted by atomic mass is 31.1. The van der Waals surface area contributed by atoms with E-state index in [-0.39, 0.29) is 7.53 Å². The topological polar surface area (TPSA) is 0 Å². The molecule has 1 aliphatic rings. The maximum Gasteiger partial charge on any atom is 0.0325 e. The monoisotopic (exact) mass is 253 g/mol. The van der Waals surface area contributed by atoms with Crippen molar-refractivity contribution in [1.82, 2.24) is 0 Å². The second-order valence-corrected chi connectivity index (χ2v) is 7.02. The van der Waals surface area contributed by atoms with Gasteiger partial charge in [-0.05, 0) is 46.5 Å². The maximum absolute atomic E-state index is 2.41. The van der Waals surface area contributed by atoms with Crippen molar-refractivity contribution in [2.75, 3.05) is 0 Å². The predicted molar refractivity (Wildman–Crippen MR) is 81.8 cm³/mol. The van der Waals surface area contributed by atoms with Gasteiger partial charge in [0.15, 0.2) is 0 Å². The van der Waals surface area contributed by atoms with Crippen molar-refractivity contribution < 1.29 is 0 Å². The van der Waals surface area contributed by atoms with Crippen LogP contribution in [0.15, 0.2) is 42.2 Å². The van der Waals surface area contributed by atoms with Gasteiger partial charge in [-0.3, -0.25) is 0 Å². The van der Waals surface area contributed by atoms with E-state index in [1.807, 2.05) is 0 Å². The lowest BCUT2D eigenvalue weighted by Crippen LogP contribution is -1.92. The number of allylic oxidation sites excluding steroid dienone is 1. The summed E-state index contributed by atoms with van der Waals surface area (Å²) >= 11 is 0. The Kier molecular flexibility index (Phi) is 3.14. The van der Waals surface area contributed by atoms with Crippen molar-refractivity contribution in [1.29, 1.82) is 0 Å². The van der Waals surface area contributed by atoms with E-state index >= 15 is 0 Å². The molecule has 2 aromatic rings. The third-order valence-corrected chi connectivity index (χ3v) is 6.11. The highest BCUT2D eigenvalue weighted by molar-refractivity contribution is 7.49. The summed E-state index contributed by atoms with van der Waals surface area (Å²) in [5.41, 5.74) is 4.26. The molecule has 3 rings (SSSR count). The van der Waals surface area contributed by atoms with Crippen LogP contribution in [0.2, 0.25) is 0 Å². The molecule has 1 atom stereocenters. The molecular formula is C17H18P. The van der Waals surface area contributed by atoms with Gasteiger partial charge in [-0.2, -0.15) is 0 Å². The Morgan fingerprint density at radius 3 is 2.67 bits per heavy atom. The Bertz CT molecular complexity index is 589. The lowest BCUT2D eigenvalue weighted by molar-refractivity contribution is 1.03. The van der Waals surface area contributed by atoms with Crippen molar-refractivity contribution >= 4 is 19.2 Å². The van der Waals surface area contributed by atoms with E-state index < -0.39 is 0 Å². The Morgan fingerprint density at radius 1 is 1.06 bits per heavy atom. The molecule has 1 radical (unpaired) electrons. The number of hydrogen-bond donors (Lipinski definition) is 0. The third kappa shape index (κ3) is 1.85. The molecule has 1 aromatic carbocycles. The molecule has 0 saturated heterocycles. The normalized spacial score (nSPS) is 15.7. The first-order chi connectivity index (χ1) is 8.81. The zero-order valence-corrected chi connectivity index (χ0v) is 11.9. The average Bonchev–Trinajstić information content (AvgIpc) is 2.96. The van der Waals surface area contributed by atoms with Crippen LogP contribution >= 0.6 is 7.53 Å². The smallest absolute Gasteiger partial charge is 0.0325 e. The maximum atomic E-state index is 2.41. The first kappa shape index (κ1) is 11.8. The van der Waals surface area contributed by atoms with Crippen LogP contribution in [-0.2, 0) is 6.16 Å². The summed E-state index contributed by atoms with van der Waals surface area (Å²) in [7, 11) is -0.0574. The van der Waals surface area contributed by atoms with Gasteiger partial charge in [0.25, 0.3) is 0 Å². The first-order valence-electron chi connectivity index (χ1n) is 6.62. The molecule has 0 aliphatic heterocycles. The van der Waals surface area contributed by atoms with E-state index in [0.29, 0.717) is 0 Å². The number of benzene rings is 1. The summed E-state index contributed by atoms with van der Waals surface area (Å²) < 4.78 is 0. The molecule has 91 valence electrons. The zero-order valence-electron chi connectivity index (χ0n) is 11.0. The van der Waals surface area contributed by atoms with Crippen LogP contribution in [0.4, 0.5) is 0 Å². The third-order valence-electron chi connectivity index (χ3n) is 3.64. The number of hydrogen-bond acceptors (Lipinski definition) is 0. The van der Waals surface area contributed by atoms with Gasteiger partial charge in [-0.25, -0.2) is 0 Å². The van der Waals surface area contributed by atoms with Gasteiger partial charge in [0, 0.05) is 5.92 Å². The minimum absolute atomic E-state index is 0.0574. The quantitative estimate of drug-likeness (QED) is 0.669. The van der Waals surface area contributed by atoms with E-state index in [0.717, 1.165) is 0 Å². The summed E-state index contributed by atoms with van der Waals surface area (Å²) in [5.74, 6) is 3.86. The van der Waals surface area contributed by atoms with Crippen LogP contribution < -0.4 is 0 Å². The van der Waals surface area contributed by atoms with Gasteiger partial charge in [-0.15, -0.1) is 7.53 Å². The molecule has 18 heavy (non-hydrogen) atoms. The molecule has 1 heteroatoms. The molecule has 0 saturated carbocycles.